The number of carbonyl (C=O) groups is 1. The number of aromatic nitrogens is 3. The van der Waals surface area contributed by atoms with Gasteiger partial charge >= 0.3 is 5.97 Å². The Labute approximate surface area is 153 Å². The molecule has 0 bridgehead atoms. The number of benzene rings is 2. The SMILES string of the molecule is CCOC(=O)c1n[nH]nc1-c1cccc(OCc2ccc(Cl)c(F)c2)c1. The molecule has 26 heavy (non-hydrogen) atoms. The molecule has 1 heterocycles. The third-order valence-electron chi connectivity index (χ3n) is 3.51. The summed E-state index contributed by atoms with van der Waals surface area (Å²) in [6.45, 7) is 2.12. The van der Waals surface area contributed by atoms with Crippen molar-refractivity contribution in [1.29, 1.82) is 0 Å². The van der Waals surface area contributed by atoms with Crippen LogP contribution in [0.25, 0.3) is 11.3 Å². The summed E-state index contributed by atoms with van der Waals surface area (Å²) in [5.74, 6) is -0.516. The highest BCUT2D eigenvalue weighted by Crippen LogP contribution is 2.25. The second-order valence-corrected chi connectivity index (χ2v) is 5.71. The van der Waals surface area contributed by atoms with Crippen LogP contribution in [-0.4, -0.2) is 28.0 Å². The fraction of sp³-hybridized carbons (Fsp3) is 0.167. The first-order chi connectivity index (χ1) is 12.6. The van der Waals surface area contributed by atoms with Gasteiger partial charge in [-0.15, -0.1) is 5.10 Å². The van der Waals surface area contributed by atoms with Gasteiger partial charge in [-0.1, -0.05) is 29.8 Å². The number of hydrogen-bond donors (Lipinski definition) is 1. The lowest BCUT2D eigenvalue weighted by Gasteiger charge is -2.08. The summed E-state index contributed by atoms with van der Waals surface area (Å²) in [6.07, 6.45) is 0. The van der Waals surface area contributed by atoms with E-state index in [1.165, 1.54) is 12.1 Å². The maximum atomic E-state index is 13.5. The lowest BCUT2D eigenvalue weighted by atomic mass is 10.1. The molecule has 0 radical (unpaired) electrons. The maximum absolute atomic E-state index is 13.5. The first-order valence-electron chi connectivity index (χ1n) is 7.83. The molecule has 1 aromatic heterocycles. The Morgan fingerprint density at radius 3 is 2.85 bits per heavy atom. The summed E-state index contributed by atoms with van der Waals surface area (Å²) in [5, 5.41) is 10.4. The molecule has 2 aromatic carbocycles. The Morgan fingerprint density at radius 2 is 2.08 bits per heavy atom. The molecule has 0 fully saturated rings. The normalized spacial score (nSPS) is 10.6. The highest BCUT2D eigenvalue weighted by molar-refractivity contribution is 6.30. The minimum atomic E-state index is -0.556. The van der Waals surface area contributed by atoms with E-state index in [2.05, 4.69) is 15.4 Å². The number of hydrogen-bond acceptors (Lipinski definition) is 5. The van der Waals surface area contributed by atoms with E-state index in [-0.39, 0.29) is 23.9 Å². The van der Waals surface area contributed by atoms with Crippen LogP contribution < -0.4 is 4.74 Å². The Balaban J connectivity index is 1.77. The number of nitrogens with zero attached hydrogens (tertiary/aromatic N) is 2. The van der Waals surface area contributed by atoms with E-state index < -0.39 is 11.8 Å². The number of esters is 1. The van der Waals surface area contributed by atoms with Crippen LogP contribution in [0, 0.1) is 5.82 Å². The molecule has 0 aliphatic rings. The molecule has 1 N–H and O–H groups in total. The fourth-order valence-electron chi connectivity index (χ4n) is 2.30. The minimum absolute atomic E-state index is 0.0632. The van der Waals surface area contributed by atoms with Gasteiger partial charge in [-0.25, -0.2) is 9.18 Å². The van der Waals surface area contributed by atoms with Crippen molar-refractivity contribution >= 4 is 17.6 Å². The smallest absolute Gasteiger partial charge is 0.361 e. The molecular weight excluding hydrogens is 361 g/mol. The second kappa shape index (κ2) is 7.97. The summed E-state index contributed by atoms with van der Waals surface area (Å²) < 4.78 is 24.1. The highest BCUT2D eigenvalue weighted by atomic mass is 35.5. The van der Waals surface area contributed by atoms with Crippen molar-refractivity contribution in [1.82, 2.24) is 15.4 Å². The number of nitrogens with one attached hydrogen (secondary N) is 1. The Kier molecular flexibility index (Phi) is 5.48. The van der Waals surface area contributed by atoms with Crippen LogP contribution in [0.3, 0.4) is 0 Å². The Morgan fingerprint density at radius 1 is 1.23 bits per heavy atom. The maximum Gasteiger partial charge on any atom is 0.361 e. The summed E-state index contributed by atoms with van der Waals surface area (Å²) in [5.41, 5.74) is 1.75. The zero-order valence-electron chi connectivity index (χ0n) is 13.8. The molecule has 3 aromatic rings. The average Bonchev–Trinajstić information content (AvgIpc) is 3.13. The quantitative estimate of drug-likeness (QED) is 0.658. The molecule has 3 rings (SSSR count). The monoisotopic (exact) mass is 375 g/mol. The number of ether oxygens (including phenoxy) is 2. The van der Waals surface area contributed by atoms with Gasteiger partial charge in [-0.05, 0) is 36.8 Å². The van der Waals surface area contributed by atoms with Gasteiger partial charge in [-0.2, -0.15) is 10.3 Å². The molecular formula is C18H15ClFN3O3. The van der Waals surface area contributed by atoms with Crippen molar-refractivity contribution in [3.63, 3.8) is 0 Å². The molecule has 0 saturated heterocycles. The van der Waals surface area contributed by atoms with Crippen molar-refractivity contribution in [2.45, 2.75) is 13.5 Å². The van der Waals surface area contributed by atoms with E-state index in [1.807, 2.05) is 0 Å². The molecule has 6 nitrogen and oxygen atoms in total. The third-order valence-corrected chi connectivity index (χ3v) is 3.82. The number of carbonyl (C=O) groups excluding carboxylic acids is 1. The highest BCUT2D eigenvalue weighted by Gasteiger charge is 2.19. The van der Waals surface area contributed by atoms with E-state index in [1.54, 1.807) is 37.3 Å². The lowest BCUT2D eigenvalue weighted by molar-refractivity contribution is 0.0520. The molecule has 0 unspecified atom stereocenters. The van der Waals surface area contributed by atoms with E-state index in [0.717, 1.165) is 0 Å². The first kappa shape index (κ1) is 17.9. The summed E-state index contributed by atoms with van der Waals surface area (Å²) in [6, 6.07) is 11.5. The Hall–Kier alpha value is -2.93. The van der Waals surface area contributed by atoms with E-state index in [0.29, 0.717) is 22.6 Å². The van der Waals surface area contributed by atoms with Crippen LogP contribution in [0.5, 0.6) is 5.75 Å². The molecule has 0 atom stereocenters. The van der Waals surface area contributed by atoms with Crippen LogP contribution >= 0.6 is 11.6 Å². The number of halogens is 2. The van der Waals surface area contributed by atoms with Gasteiger partial charge in [0.15, 0.2) is 5.69 Å². The van der Waals surface area contributed by atoms with E-state index in [4.69, 9.17) is 21.1 Å². The fourth-order valence-corrected chi connectivity index (χ4v) is 2.42. The molecule has 134 valence electrons. The van der Waals surface area contributed by atoms with Gasteiger partial charge in [0.2, 0.25) is 0 Å². The van der Waals surface area contributed by atoms with Crippen molar-refractivity contribution in [3.05, 3.63) is 64.6 Å². The van der Waals surface area contributed by atoms with Crippen LogP contribution in [0.15, 0.2) is 42.5 Å². The van der Waals surface area contributed by atoms with Gasteiger partial charge in [0.1, 0.15) is 23.9 Å². The van der Waals surface area contributed by atoms with Gasteiger partial charge in [-0.3, -0.25) is 0 Å². The van der Waals surface area contributed by atoms with Gasteiger partial charge in [0.05, 0.1) is 11.6 Å². The summed E-state index contributed by atoms with van der Waals surface area (Å²) in [4.78, 5) is 11.9. The number of rotatable bonds is 6. The van der Waals surface area contributed by atoms with Gasteiger partial charge < -0.3 is 9.47 Å². The van der Waals surface area contributed by atoms with Crippen molar-refractivity contribution in [3.8, 4) is 17.0 Å². The largest absolute Gasteiger partial charge is 0.489 e. The summed E-state index contributed by atoms with van der Waals surface area (Å²) in [7, 11) is 0. The van der Waals surface area contributed by atoms with E-state index in [9.17, 15) is 9.18 Å². The van der Waals surface area contributed by atoms with Crippen LogP contribution in [0.1, 0.15) is 23.0 Å². The number of H-pyrrole nitrogens is 1. The van der Waals surface area contributed by atoms with Crippen LogP contribution in [-0.2, 0) is 11.3 Å². The summed E-state index contributed by atoms with van der Waals surface area (Å²) >= 11 is 5.67. The van der Waals surface area contributed by atoms with Crippen molar-refractivity contribution < 1.29 is 18.7 Å². The predicted octanol–water partition coefficient (Wildman–Crippen LogP) is 4.02. The molecule has 0 amide bonds. The molecule has 0 aliphatic heterocycles. The topological polar surface area (TPSA) is 77.1 Å². The zero-order chi connectivity index (χ0) is 18.5. The predicted molar refractivity (Wildman–Crippen MR) is 93.5 cm³/mol. The van der Waals surface area contributed by atoms with Crippen LogP contribution in [0.4, 0.5) is 4.39 Å². The van der Waals surface area contributed by atoms with Gasteiger partial charge in [0, 0.05) is 5.56 Å². The van der Waals surface area contributed by atoms with E-state index >= 15 is 0 Å². The van der Waals surface area contributed by atoms with Crippen molar-refractivity contribution in [2.24, 2.45) is 0 Å². The van der Waals surface area contributed by atoms with Gasteiger partial charge in [0.25, 0.3) is 0 Å². The minimum Gasteiger partial charge on any atom is -0.489 e. The molecule has 8 heteroatoms. The average molecular weight is 376 g/mol. The second-order valence-electron chi connectivity index (χ2n) is 5.31. The standard InChI is InChI=1S/C18H15ClFN3O3/c1-2-25-18(24)17-16(21-23-22-17)12-4-3-5-13(9-12)26-10-11-6-7-14(19)15(20)8-11/h3-9H,2,10H2,1H3,(H,21,22,23). The Bertz CT molecular complexity index is 930. The molecule has 0 spiro atoms. The molecule has 0 saturated carbocycles. The zero-order valence-corrected chi connectivity index (χ0v) is 14.6. The molecule has 0 aliphatic carbocycles. The first-order valence-corrected chi connectivity index (χ1v) is 8.21. The third kappa shape index (κ3) is 4.00. The van der Waals surface area contributed by atoms with Crippen LogP contribution in [0.2, 0.25) is 5.02 Å². The van der Waals surface area contributed by atoms with Crippen molar-refractivity contribution in [2.75, 3.05) is 6.61 Å². The number of aromatic amines is 1. The lowest BCUT2D eigenvalue weighted by Crippen LogP contribution is -2.06.